The van der Waals surface area contributed by atoms with Crippen molar-refractivity contribution in [3.8, 4) is 17.2 Å². The van der Waals surface area contributed by atoms with E-state index < -0.39 is 0 Å². The number of benzene rings is 2. The zero-order valence-electron chi connectivity index (χ0n) is 8.45. The lowest BCUT2D eigenvalue weighted by molar-refractivity contribution is 0.465. The SMILES string of the molecule is Oc1ccc(Oc2ccc(Cl)cc2)c(Cl)c1Cl. The minimum atomic E-state index is -0.0832. The van der Waals surface area contributed by atoms with Crippen LogP contribution >= 0.6 is 34.8 Å². The molecule has 0 aliphatic heterocycles. The van der Waals surface area contributed by atoms with Gasteiger partial charge in [-0.2, -0.15) is 0 Å². The van der Waals surface area contributed by atoms with Crippen molar-refractivity contribution in [2.75, 3.05) is 0 Å². The summed E-state index contributed by atoms with van der Waals surface area (Å²) in [6.45, 7) is 0. The zero-order valence-corrected chi connectivity index (χ0v) is 10.7. The fourth-order valence-electron chi connectivity index (χ4n) is 1.23. The topological polar surface area (TPSA) is 29.5 Å². The second-order valence-electron chi connectivity index (χ2n) is 3.27. The molecule has 88 valence electrons. The molecule has 2 aromatic rings. The summed E-state index contributed by atoms with van der Waals surface area (Å²) in [6, 6.07) is 9.77. The molecule has 5 heteroatoms. The van der Waals surface area contributed by atoms with Crippen LogP contribution in [-0.2, 0) is 0 Å². The van der Waals surface area contributed by atoms with Gasteiger partial charge in [0.1, 0.15) is 27.3 Å². The smallest absolute Gasteiger partial charge is 0.147 e. The number of hydrogen-bond acceptors (Lipinski definition) is 2. The highest BCUT2D eigenvalue weighted by Gasteiger charge is 2.10. The van der Waals surface area contributed by atoms with Crippen molar-refractivity contribution < 1.29 is 9.84 Å². The van der Waals surface area contributed by atoms with Gasteiger partial charge in [-0.3, -0.25) is 0 Å². The molecule has 0 amide bonds. The van der Waals surface area contributed by atoms with Crippen LogP contribution in [0.15, 0.2) is 36.4 Å². The Hall–Kier alpha value is -1.09. The maximum absolute atomic E-state index is 9.34. The van der Waals surface area contributed by atoms with Gasteiger partial charge in [-0.15, -0.1) is 0 Å². The second-order valence-corrected chi connectivity index (χ2v) is 4.46. The average Bonchev–Trinajstić information content (AvgIpc) is 2.33. The van der Waals surface area contributed by atoms with E-state index in [1.165, 1.54) is 12.1 Å². The molecule has 0 bridgehead atoms. The molecule has 2 aromatic carbocycles. The average molecular weight is 290 g/mol. The quantitative estimate of drug-likeness (QED) is 0.829. The molecular formula is C12H7Cl3O2. The van der Waals surface area contributed by atoms with Gasteiger partial charge >= 0.3 is 0 Å². The standard InChI is InChI=1S/C12H7Cl3O2/c13-7-1-3-8(4-2-7)17-10-6-5-9(16)11(14)12(10)15/h1-6,16H. The highest BCUT2D eigenvalue weighted by atomic mass is 35.5. The minimum Gasteiger partial charge on any atom is -0.506 e. The van der Waals surface area contributed by atoms with E-state index in [1.807, 2.05) is 0 Å². The Kier molecular flexibility index (Phi) is 3.67. The minimum absolute atomic E-state index is 0.0677. The van der Waals surface area contributed by atoms with Gasteiger partial charge in [-0.25, -0.2) is 0 Å². The molecule has 0 aliphatic rings. The highest BCUT2D eigenvalue weighted by Crippen LogP contribution is 2.39. The zero-order chi connectivity index (χ0) is 12.4. The van der Waals surface area contributed by atoms with Gasteiger partial charge in [0.15, 0.2) is 0 Å². The van der Waals surface area contributed by atoms with Gasteiger partial charge in [0, 0.05) is 5.02 Å². The predicted molar refractivity (Wildman–Crippen MR) is 69.7 cm³/mol. The Morgan fingerprint density at radius 2 is 1.47 bits per heavy atom. The van der Waals surface area contributed by atoms with Crippen LogP contribution in [0.1, 0.15) is 0 Å². The summed E-state index contributed by atoms with van der Waals surface area (Å²) in [5.41, 5.74) is 0. The van der Waals surface area contributed by atoms with Crippen molar-refractivity contribution in [2.24, 2.45) is 0 Å². The van der Waals surface area contributed by atoms with E-state index in [9.17, 15) is 5.11 Å². The number of rotatable bonds is 2. The van der Waals surface area contributed by atoms with E-state index >= 15 is 0 Å². The van der Waals surface area contributed by atoms with Crippen LogP contribution < -0.4 is 4.74 Å². The van der Waals surface area contributed by atoms with Crippen LogP contribution in [0.25, 0.3) is 0 Å². The summed E-state index contributed by atoms with van der Waals surface area (Å²) in [6.07, 6.45) is 0. The van der Waals surface area contributed by atoms with E-state index in [0.29, 0.717) is 16.5 Å². The summed E-state index contributed by atoms with van der Waals surface area (Å²) in [4.78, 5) is 0. The lowest BCUT2D eigenvalue weighted by atomic mass is 10.3. The lowest BCUT2D eigenvalue weighted by Gasteiger charge is -2.09. The Morgan fingerprint density at radius 3 is 2.12 bits per heavy atom. The first-order valence-electron chi connectivity index (χ1n) is 4.68. The first-order chi connectivity index (χ1) is 8.08. The maximum atomic E-state index is 9.34. The molecule has 0 radical (unpaired) electrons. The van der Waals surface area contributed by atoms with E-state index in [4.69, 9.17) is 39.5 Å². The number of phenolic OH excluding ortho intramolecular Hbond substituents is 1. The van der Waals surface area contributed by atoms with E-state index in [2.05, 4.69) is 0 Å². The van der Waals surface area contributed by atoms with Crippen molar-refractivity contribution in [1.29, 1.82) is 0 Å². The van der Waals surface area contributed by atoms with Crippen LogP contribution in [0.2, 0.25) is 15.1 Å². The maximum Gasteiger partial charge on any atom is 0.147 e. The fraction of sp³-hybridized carbons (Fsp3) is 0. The summed E-state index contributed by atoms with van der Waals surface area (Å²) >= 11 is 17.5. The van der Waals surface area contributed by atoms with Crippen LogP contribution in [0, 0.1) is 0 Å². The molecule has 2 rings (SSSR count). The van der Waals surface area contributed by atoms with Crippen molar-refractivity contribution >= 4 is 34.8 Å². The summed E-state index contributed by atoms with van der Waals surface area (Å²) < 4.78 is 5.51. The Balaban J connectivity index is 2.30. The van der Waals surface area contributed by atoms with Crippen LogP contribution in [0.3, 0.4) is 0 Å². The van der Waals surface area contributed by atoms with E-state index in [-0.39, 0.29) is 15.8 Å². The third-order valence-corrected chi connectivity index (χ3v) is 3.17. The summed E-state index contributed by atoms with van der Waals surface area (Å²) in [5.74, 6) is 0.870. The van der Waals surface area contributed by atoms with Crippen LogP contribution in [0.4, 0.5) is 0 Å². The van der Waals surface area contributed by atoms with Gasteiger partial charge in [0.25, 0.3) is 0 Å². The molecular weight excluding hydrogens is 282 g/mol. The normalized spacial score (nSPS) is 10.3. The first kappa shape index (κ1) is 12.4. The number of ether oxygens (including phenoxy) is 1. The Bertz CT molecular complexity index is 538. The summed E-state index contributed by atoms with van der Waals surface area (Å²) in [7, 11) is 0. The van der Waals surface area contributed by atoms with Crippen molar-refractivity contribution in [3.63, 3.8) is 0 Å². The van der Waals surface area contributed by atoms with Gasteiger partial charge in [-0.1, -0.05) is 34.8 Å². The number of phenols is 1. The van der Waals surface area contributed by atoms with E-state index in [1.54, 1.807) is 24.3 Å². The van der Waals surface area contributed by atoms with Gasteiger partial charge in [0.2, 0.25) is 0 Å². The number of hydrogen-bond donors (Lipinski definition) is 1. The van der Waals surface area contributed by atoms with Gasteiger partial charge in [0.05, 0.1) is 0 Å². The van der Waals surface area contributed by atoms with Gasteiger partial charge < -0.3 is 9.84 Å². The van der Waals surface area contributed by atoms with Crippen molar-refractivity contribution in [2.45, 2.75) is 0 Å². The largest absolute Gasteiger partial charge is 0.506 e. The fourth-order valence-corrected chi connectivity index (χ4v) is 1.71. The molecule has 1 N–H and O–H groups in total. The second kappa shape index (κ2) is 5.05. The molecule has 2 nitrogen and oxygen atoms in total. The molecule has 17 heavy (non-hydrogen) atoms. The third kappa shape index (κ3) is 2.78. The molecule has 0 saturated heterocycles. The third-order valence-electron chi connectivity index (χ3n) is 2.07. The van der Waals surface area contributed by atoms with E-state index in [0.717, 1.165) is 0 Å². The van der Waals surface area contributed by atoms with Crippen molar-refractivity contribution in [1.82, 2.24) is 0 Å². The van der Waals surface area contributed by atoms with Crippen molar-refractivity contribution in [3.05, 3.63) is 51.5 Å². The molecule has 0 fully saturated rings. The van der Waals surface area contributed by atoms with Crippen LogP contribution in [0.5, 0.6) is 17.2 Å². The monoisotopic (exact) mass is 288 g/mol. The Labute approximate surface area is 113 Å². The Morgan fingerprint density at radius 1 is 0.824 bits per heavy atom. The van der Waals surface area contributed by atoms with Crippen LogP contribution in [-0.4, -0.2) is 5.11 Å². The molecule has 0 heterocycles. The molecule has 0 aromatic heterocycles. The summed E-state index contributed by atoms with van der Waals surface area (Å²) in [5, 5.41) is 10.2. The first-order valence-corrected chi connectivity index (χ1v) is 5.81. The predicted octanol–water partition coefficient (Wildman–Crippen LogP) is 5.14. The lowest BCUT2D eigenvalue weighted by Crippen LogP contribution is -1.85. The van der Waals surface area contributed by atoms with Gasteiger partial charge in [-0.05, 0) is 36.4 Å². The molecule has 0 aliphatic carbocycles. The highest BCUT2D eigenvalue weighted by molar-refractivity contribution is 6.43. The molecule has 0 saturated carbocycles. The number of halogens is 3. The number of aromatic hydroxyl groups is 1. The molecule has 0 spiro atoms. The molecule has 0 atom stereocenters. The molecule has 0 unspecified atom stereocenters.